The van der Waals surface area contributed by atoms with Crippen LogP contribution in [-0.4, -0.2) is 33.3 Å². The van der Waals surface area contributed by atoms with Gasteiger partial charge in [0.15, 0.2) is 0 Å². The van der Waals surface area contributed by atoms with E-state index >= 15 is 0 Å². The van der Waals surface area contributed by atoms with Crippen LogP contribution in [0.5, 0.6) is 5.75 Å². The fraction of sp³-hybridized carbons (Fsp3) is 0.647. The first kappa shape index (κ1) is 16.8. The molecule has 20 heavy (non-hydrogen) atoms. The average Bonchev–Trinajstić information content (AvgIpc) is 2.41. The van der Waals surface area contributed by atoms with Crippen molar-refractivity contribution < 1.29 is 4.74 Å². The molecule has 114 valence electrons. The standard InChI is InChI=1S/C17H30N2O/c1-14(2)9-10-15(3)18-11-12-20-17-8-6-7-16(13-17)19(4)5/h6-8,13-15,18H,9-12H2,1-5H3. The maximum absolute atomic E-state index is 5.78. The quantitative estimate of drug-likeness (QED) is 0.699. The zero-order valence-electron chi connectivity index (χ0n) is 13.6. The van der Waals surface area contributed by atoms with Gasteiger partial charge in [0.25, 0.3) is 0 Å². The average molecular weight is 278 g/mol. The van der Waals surface area contributed by atoms with E-state index in [9.17, 15) is 0 Å². The topological polar surface area (TPSA) is 24.5 Å². The summed E-state index contributed by atoms with van der Waals surface area (Å²) in [6.07, 6.45) is 2.51. The van der Waals surface area contributed by atoms with Crippen molar-refractivity contribution in [1.29, 1.82) is 0 Å². The third kappa shape index (κ3) is 6.80. The molecule has 0 saturated carbocycles. The van der Waals surface area contributed by atoms with Gasteiger partial charge in [-0.15, -0.1) is 0 Å². The van der Waals surface area contributed by atoms with Crippen molar-refractivity contribution in [2.24, 2.45) is 5.92 Å². The molecule has 0 aliphatic rings. The van der Waals surface area contributed by atoms with E-state index in [-0.39, 0.29) is 0 Å². The van der Waals surface area contributed by atoms with Gasteiger partial charge in [-0.25, -0.2) is 0 Å². The highest BCUT2D eigenvalue weighted by molar-refractivity contribution is 5.49. The summed E-state index contributed by atoms with van der Waals surface area (Å²) in [5.74, 6) is 1.72. The number of benzene rings is 1. The molecule has 1 aromatic carbocycles. The third-order valence-electron chi connectivity index (χ3n) is 3.37. The molecule has 1 N–H and O–H groups in total. The van der Waals surface area contributed by atoms with Crippen LogP contribution in [0.1, 0.15) is 33.6 Å². The molecule has 0 heterocycles. The molecule has 1 aromatic rings. The van der Waals surface area contributed by atoms with Gasteiger partial charge >= 0.3 is 0 Å². The van der Waals surface area contributed by atoms with Gasteiger partial charge in [-0.3, -0.25) is 0 Å². The smallest absolute Gasteiger partial charge is 0.121 e. The highest BCUT2D eigenvalue weighted by Gasteiger charge is 2.03. The van der Waals surface area contributed by atoms with E-state index in [1.807, 2.05) is 26.2 Å². The highest BCUT2D eigenvalue weighted by atomic mass is 16.5. The minimum atomic E-state index is 0.564. The van der Waals surface area contributed by atoms with Gasteiger partial charge in [0.2, 0.25) is 0 Å². The Kier molecular flexibility index (Phi) is 7.45. The van der Waals surface area contributed by atoms with Gasteiger partial charge in [0, 0.05) is 38.4 Å². The summed E-state index contributed by atoms with van der Waals surface area (Å²) in [7, 11) is 4.08. The van der Waals surface area contributed by atoms with Crippen molar-refractivity contribution in [3.63, 3.8) is 0 Å². The summed E-state index contributed by atoms with van der Waals surface area (Å²) in [4.78, 5) is 2.08. The Balaban J connectivity index is 2.22. The zero-order chi connectivity index (χ0) is 15.0. The van der Waals surface area contributed by atoms with Crippen LogP contribution in [0.4, 0.5) is 5.69 Å². The Labute approximate surface area is 124 Å². The summed E-state index contributed by atoms with van der Waals surface area (Å²) in [6, 6.07) is 8.76. The summed E-state index contributed by atoms with van der Waals surface area (Å²) >= 11 is 0. The van der Waals surface area contributed by atoms with Crippen LogP contribution in [0.2, 0.25) is 0 Å². The minimum Gasteiger partial charge on any atom is -0.492 e. The molecule has 0 saturated heterocycles. The maximum Gasteiger partial charge on any atom is 0.121 e. The number of hydrogen-bond donors (Lipinski definition) is 1. The summed E-state index contributed by atoms with van der Waals surface area (Å²) < 4.78 is 5.78. The third-order valence-corrected chi connectivity index (χ3v) is 3.37. The van der Waals surface area contributed by atoms with Crippen LogP contribution in [0.3, 0.4) is 0 Å². The minimum absolute atomic E-state index is 0.564. The van der Waals surface area contributed by atoms with Gasteiger partial charge < -0.3 is 15.0 Å². The largest absolute Gasteiger partial charge is 0.492 e. The molecule has 0 spiro atoms. The van der Waals surface area contributed by atoms with Gasteiger partial charge in [-0.05, 0) is 37.8 Å². The summed E-state index contributed by atoms with van der Waals surface area (Å²) in [5, 5.41) is 3.51. The van der Waals surface area contributed by atoms with E-state index in [0.29, 0.717) is 12.6 Å². The van der Waals surface area contributed by atoms with Crippen molar-refractivity contribution >= 4 is 5.69 Å². The second kappa shape index (κ2) is 8.85. The molecule has 3 heteroatoms. The Bertz CT molecular complexity index is 377. The Morgan fingerprint density at radius 3 is 2.55 bits per heavy atom. The second-order valence-electron chi connectivity index (χ2n) is 6.07. The van der Waals surface area contributed by atoms with E-state index in [1.165, 1.54) is 18.5 Å². The van der Waals surface area contributed by atoms with Crippen LogP contribution in [0.25, 0.3) is 0 Å². The SMILES string of the molecule is CC(C)CCC(C)NCCOc1cccc(N(C)C)c1. The van der Waals surface area contributed by atoms with Gasteiger partial charge in [0.05, 0.1) is 0 Å². The van der Waals surface area contributed by atoms with Crippen molar-refractivity contribution in [2.45, 2.75) is 39.7 Å². The van der Waals surface area contributed by atoms with E-state index in [2.05, 4.69) is 43.1 Å². The molecule has 0 fully saturated rings. The normalized spacial score (nSPS) is 12.5. The zero-order valence-corrected chi connectivity index (χ0v) is 13.6. The van der Waals surface area contributed by atoms with Crippen molar-refractivity contribution in [3.8, 4) is 5.75 Å². The molecular weight excluding hydrogens is 248 g/mol. The number of nitrogens with zero attached hydrogens (tertiary/aromatic N) is 1. The Morgan fingerprint density at radius 1 is 1.15 bits per heavy atom. The number of anilines is 1. The van der Waals surface area contributed by atoms with Crippen molar-refractivity contribution in [2.75, 3.05) is 32.1 Å². The first-order valence-corrected chi connectivity index (χ1v) is 7.62. The lowest BCUT2D eigenvalue weighted by Crippen LogP contribution is -2.30. The number of ether oxygens (including phenoxy) is 1. The van der Waals surface area contributed by atoms with E-state index in [1.54, 1.807) is 0 Å². The number of rotatable bonds is 9. The maximum atomic E-state index is 5.78. The monoisotopic (exact) mass is 278 g/mol. The molecular formula is C17H30N2O. The number of nitrogens with one attached hydrogen (secondary N) is 1. The van der Waals surface area contributed by atoms with Crippen LogP contribution in [-0.2, 0) is 0 Å². The fourth-order valence-electron chi connectivity index (χ4n) is 2.01. The predicted octanol–water partition coefficient (Wildman–Crippen LogP) is 3.55. The molecule has 3 nitrogen and oxygen atoms in total. The van der Waals surface area contributed by atoms with E-state index in [4.69, 9.17) is 4.74 Å². The van der Waals surface area contributed by atoms with Gasteiger partial charge in [0.1, 0.15) is 12.4 Å². The lowest BCUT2D eigenvalue weighted by Gasteiger charge is -2.16. The highest BCUT2D eigenvalue weighted by Crippen LogP contribution is 2.19. The van der Waals surface area contributed by atoms with Crippen LogP contribution in [0, 0.1) is 5.92 Å². The molecule has 1 rings (SSSR count). The lowest BCUT2D eigenvalue weighted by molar-refractivity contribution is 0.303. The molecule has 0 amide bonds. The van der Waals surface area contributed by atoms with Crippen LogP contribution >= 0.6 is 0 Å². The van der Waals surface area contributed by atoms with Crippen molar-refractivity contribution in [1.82, 2.24) is 5.32 Å². The molecule has 0 aromatic heterocycles. The fourth-order valence-corrected chi connectivity index (χ4v) is 2.01. The predicted molar refractivity (Wildman–Crippen MR) is 87.8 cm³/mol. The molecule has 0 radical (unpaired) electrons. The molecule has 0 aliphatic carbocycles. The molecule has 1 unspecified atom stereocenters. The first-order chi connectivity index (χ1) is 9.49. The second-order valence-corrected chi connectivity index (χ2v) is 6.07. The molecule has 1 atom stereocenters. The van der Waals surface area contributed by atoms with Gasteiger partial charge in [-0.2, -0.15) is 0 Å². The summed E-state index contributed by atoms with van der Waals surface area (Å²) in [6.45, 7) is 8.39. The Hall–Kier alpha value is -1.22. The number of hydrogen-bond acceptors (Lipinski definition) is 3. The molecule has 0 bridgehead atoms. The first-order valence-electron chi connectivity index (χ1n) is 7.62. The van der Waals surface area contributed by atoms with E-state index < -0.39 is 0 Å². The lowest BCUT2D eigenvalue weighted by atomic mass is 10.0. The summed E-state index contributed by atoms with van der Waals surface area (Å²) in [5.41, 5.74) is 1.17. The van der Waals surface area contributed by atoms with Crippen molar-refractivity contribution in [3.05, 3.63) is 24.3 Å². The van der Waals surface area contributed by atoms with E-state index in [0.717, 1.165) is 18.2 Å². The Morgan fingerprint density at radius 2 is 1.90 bits per heavy atom. The van der Waals surface area contributed by atoms with Crippen LogP contribution in [0.15, 0.2) is 24.3 Å². The van der Waals surface area contributed by atoms with Crippen LogP contribution < -0.4 is 15.0 Å². The molecule has 0 aliphatic heterocycles. The van der Waals surface area contributed by atoms with Gasteiger partial charge in [-0.1, -0.05) is 19.9 Å².